The normalized spacial score (nSPS) is 16.6. The van der Waals surface area contributed by atoms with E-state index in [2.05, 4.69) is 15.6 Å². The summed E-state index contributed by atoms with van der Waals surface area (Å²) in [4.78, 5) is 65.0. The van der Waals surface area contributed by atoms with Gasteiger partial charge in [0.05, 0.1) is 16.7 Å². The van der Waals surface area contributed by atoms with E-state index in [1.54, 1.807) is 32.2 Å². The molecule has 1 aromatic heterocycles. The molecule has 0 fully saturated rings. The summed E-state index contributed by atoms with van der Waals surface area (Å²) in [7, 11) is 0. The number of nitrogens with one attached hydrogen (secondary N) is 2. The lowest BCUT2D eigenvalue weighted by atomic mass is 9.98. The van der Waals surface area contributed by atoms with Crippen molar-refractivity contribution in [3.63, 3.8) is 0 Å². The standard InChI is InChI=1S/C23H31N5O8S2/c1-5-6-13(15-10-38-21(24)27-15)17(30)26-14(7-29)18-28-16(12(9-37-18)8-34-22(25)33)19(31)35-11-36-20(32)23(2,3)4/h6-7,10,14,18,28H,5,8-9,11H2,1-4H3,(H2,24,27)(H2,25,33)(H,26,30)/b13-6-/t14-,18-/m1/s1. The highest BCUT2D eigenvalue weighted by molar-refractivity contribution is 8.00. The number of nitrogen functional groups attached to an aromatic ring is 1. The van der Waals surface area contributed by atoms with E-state index >= 15 is 0 Å². The highest BCUT2D eigenvalue weighted by Crippen LogP contribution is 2.26. The molecule has 1 aliphatic rings. The van der Waals surface area contributed by atoms with Crippen LogP contribution in [0.15, 0.2) is 22.7 Å². The van der Waals surface area contributed by atoms with E-state index in [9.17, 15) is 24.0 Å². The number of thiazole rings is 1. The molecule has 208 valence electrons. The number of aromatic nitrogens is 1. The quantitative estimate of drug-likeness (QED) is 0.129. The van der Waals surface area contributed by atoms with Gasteiger partial charge in [-0.15, -0.1) is 23.1 Å². The Morgan fingerprint density at radius 2 is 1.97 bits per heavy atom. The van der Waals surface area contributed by atoms with Crippen molar-refractivity contribution in [2.24, 2.45) is 11.1 Å². The van der Waals surface area contributed by atoms with E-state index in [1.807, 2.05) is 6.92 Å². The Hall–Kier alpha value is -3.59. The van der Waals surface area contributed by atoms with Crippen molar-refractivity contribution in [1.29, 1.82) is 0 Å². The molecule has 0 unspecified atom stereocenters. The summed E-state index contributed by atoms with van der Waals surface area (Å²) in [5.74, 6) is -1.91. The number of hydrogen-bond acceptors (Lipinski definition) is 13. The van der Waals surface area contributed by atoms with Crippen molar-refractivity contribution in [3.8, 4) is 0 Å². The first-order chi connectivity index (χ1) is 17.9. The molecule has 0 saturated heterocycles. The molecule has 6 N–H and O–H groups in total. The van der Waals surface area contributed by atoms with Crippen LogP contribution in [-0.2, 0) is 33.4 Å². The number of primary amides is 1. The van der Waals surface area contributed by atoms with Crippen LogP contribution in [0.1, 0.15) is 39.8 Å². The number of anilines is 1. The number of thioether (sulfide) groups is 1. The average molecular weight is 570 g/mol. The van der Waals surface area contributed by atoms with E-state index in [4.69, 9.17) is 25.7 Å². The van der Waals surface area contributed by atoms with Crippen LogP contribution in [-0.4, -0.2) is 65.8 Å². The topological polar surface area (TPSA) is 202 Å². The Balaban J connectivity index is 2.18. The summed E-state index contributed by atoms with van der Waals surface area (Å²) < 4.78 is 14.9. The van der Waals surface area contributed by atoms with E-state index < -0.39 is 47.6 Å². The summed E-state index contributed by atoms with van der Waals surface area (Å²) >= 11 is 2.36. The molecule has 2 amide bonds. The van der Waals surface area contributed by atoms with E-state index in [0.29, 0.717) is 29.1 Å². The summed E-state index contributed by atoms with van der Waals surface area (Å²) in [6.07, 6.45) is 1.67. The molecular formula is C23H31N5O8S2. The van der Waals surface area contributed by atoms with Gasteiger partial charge in [0.1, 0.15) is 30.0 Å². The maximum absolute atomic E-state index is 13.0. The summed E-state index contributed by atoms with van der Waals surface area (Å²) in [5.41, 5.74) is 10.8. The lowest BCUT2D eigenvalue weighted by molar-refractivity contribution is -0.171. The Morgan fingerprint density at radius 1 is 1.26 bits per heavy atom. The van der Waals surface area contributed by atoms with Crippen LogP contribution in [0.4, 0.5) is 9.93 Å². The molecule has 1 aromatic rings. The Kier molecular flexibility index (Phi) is 11.1. The molecule has 0 saturated carbocycles. The van der Waals surface area contributed by atoms with Gasteiger partial charge in [0.25, 0.3) is 5.91 Å². The number of amides is 2. The molecule has 2 rings (SSSR count). The third-order valence-electron chi connectivity index (χ3n) is 4.88. The first kappa shape index (κ1) is 30.6. The summed E-state index contributed by atoms with van der Waals surface area (Å²) in [5, 5.41) is 6.64. The zero-order chi connectivity index (χ0) is 28.5. The minimum atomic E-state index is -1.08. The van der Waals surface area contributed by atoms with Crippen molar-refractivity contribution < 1.29 is 38.2 Å². The van der Waals surface area contributed by atoms with Crippen LogP contribution in [0, 0.1) is 5.41 Å². The minimum Gasteiger partial charge on any atom is -0.445 e. The summed E-state index contributed by atoms with van der Waals surface area (Å²) in [6, 6.07) is -1.08. The van der Waals surface area contributed by atoms with Crippen LogP contribution in [0.3, 0.4) is 0 Å². The molecule has 1 aliphatic heterocycles. The predicted octanol–water partition coefficient (Wildman–Crippen LogP) is 1.30. The second-order valence-corrected chi connectivity index (χ2v) is 10.9. The van der Waals surface area contributed by atoms with Gasteiger partial charge >= 0.3 is 18.0 Å². The Morgan fingerprint density at radius 3 is 2.53 bits per heavy atom. The van der Waals surface area contributed by atoms with Crippen molar-refractivity contribution in [2.75, 3.05) is 24.9 Å². The number of hydrogen-bond donors (Lipinski definition) is 4. The van der Waals surface area contributed by atoms with E-state index in [-0.39, 0.29) is 23.6 Å². The number of ether oxygens (including phenoxy) is 3. The zero-order valence-corrected chi connectivity index (χ0v) is 23.0. The molecule has 0 aromatic carbocycles. The monoisotopic (exact) mass is 569 g/mol. The van der Waals surface area contributed by atoms with Gasteiger partial charge in [0.15, 0.2) is 5.13 Å². The van der Waals surface area contributed by atoms with E-state index in [0.717, 1.165) is 0 Å². The molecule has 2 heterocycles. The third kappa shape index (κ3) is 8.76. The van der Waals surface area contributed by atoms with Crippen LogP contribution in [0.5, 0.6) is 0 Å². The smallest absolute Gasteiger partial charge is 0.404 e. The molecule has 13 nitrogen and oxygen atoms in total. The zero-order valence-electron chi connectivity index (χ0n) is 21.4. The molecule has 15 heteroatoms. The van der Waals surface area contributed by atoms with E-state index in [1.165, 1.54) is 23.1 Å². The molecular weight excluding hydrogens is 538 g/mol. The number of esters is 2. The van der Waals surface area contributed by atoms with Gasteiger partial charge in [-0.25, -0.2) is 14.6 Å². The molecule has 2 atom stereocenters. The Labute approximate surface area is 227 Å². The van der Waals surface area contributed by atoms with Crippen LogP contribution in [0.25, 0.3) is 5.57 Å². The number of rotatable bonds is 11. The fraction of sp³-hybridized carbons (Fsp3) is 0.478. The average Bonchev–Trinajstić information content (AvgIpc) is 3.29. The number of nitrogens with two attached hydrogens (primary N) is 2. The van der Waals surface area contributed by atoms with Crippen LogP contribution < -0.4 is 22.1 Å². The predicted molar refractivity (Wildman–Crippen MR) is 141 cm³/mol. The lowest BCUT2D eigenvalue weighted by Crippen LogP contribution is -2.52. The van der Waals surface area contributed by atoms with Gasteiger partial charge < -0.3 is 41.1 Å². The second kappa shape index (κ2) is 13.8. The number of carbonyl (C=O) groups is 5. The van der Waals surface area contributed by atoms with Crippen molar-refractivity contribution >= 4 is 64.0 Å². The lowest BCUT2D eigenvalue weighted by Gasteiger charge is -2.31. The van der Waals surface area contributed by atoms with Gasteiger partial charge in [-0.05, 0) is 27.2 Å². The number of nitrogens with zero attached hydrogens (tertiary/aromatic N) is 1. The van der Waals surface area contributed by atoms with Crippen LogP contribution >= 0.6 is 23.1 Å². The van der Waals surface area contributed by atoms with Gasteiger partial charge in [0, 0.05) is 16.7 Å². The maximum atomic E-state index is 13.0. The maximum Gasteiger partial charge on any atom is 0.404 e. The highest BCUT2D eigenvalue weighted by Gasteiger charge is 2.33. The van der Waals surface area contributed by atoms with Crippen LogP contribution in [0.2, 0.25) is 0 Å². The fourth-order valence-corrected chi connectivity index (χ4v) is 4.69. The first-order valence-corrected chi connectivity index (χ1v) is 13.3. The first-order valence-electron chi connectivity index (χ1n) is 11.4. The van der Waals surface area contributed by atoms with Gasteiger partial charge in [0.2, 0.25) is 6.79 Å². The van der Waals surface area contributed by atoms with Gasteiger partial charge in [-0.2, -0.15) is 0 Å². The van der Waals surface area contributed by atoms with Gasteiger partial charge in [-0.1, -0.05) is 13.0 Å². The molecule has 38 heavy (non-hydrogen) atoms. The van der Waals surface area contributed by atoms with Crippen molar-refractivity contribution in [1.82, 2.24) is 15.6 Å². The highest BCUT2D eigenvalue weighted by atomic mass is 32.2. The van der Waals surface area contributed by atoms with Crippen molar-refractivity contribution in [2.45, 2.75) is 45.5 Å². The molecule has 0 aliphatic carbocycles. The summed E-state index contributed by atoms with van der Waals surface area (Å²) in [6.45, 7) is 5.79. The largest absolute Gasteiger partial charge is 0.445 e. The van der Waals surface area contributed by atoms with Crippen molar-refractivity contribution in [3.05, 3.63) is 28.4 Å². The second-order valence-electron chi connectivity index (χ2n) is 8.93. The number of allylic oxidation sites excluding steroid dienone is 1. The van der Waals surface area contributed by atoms with Gasteiger partial charge in [-0.3, -0.25) is 9.59 Å². The fourth-order valence-electron chi connectivity index (χ4n) is 2.98. The third-order valence-corrected chi connectivity index (χ3v) is 6.84. The number of carbonyl (C=O) groups excluding carboxylic acids is 5. The Bertz CT molecular complexity index is 1130. The molecule has 0 bridgehead atoms. The minimum absolute atomic E-state index is 0.112. The molecule has 0 spiro atoms. The SMILES string of the molecule is CC/C=C(\C(=O)N[C@H](C=O)[C@@H]1NC(C(=O)OCOC(=O)C(C)(C)C)=C(COC(N)=O)CS1)c1csc(N)n1. The molecule has 0 radical (unpaired) electrons. The number of aldehydes is 1.